The highest BCUT2D eigenvalue weighted by atomic mass is 32.1. The molecular formula is C37H28S. The summed E-state index contributed by atoms with van der Waals surface area (Å²) in [5.41, 5.74) is 10.5. The van der Waals surface area contributed by atoms with Crippen molar-refractivity contribution < 1.29 is 0 Å². The van der Waals surface area contributed by atoms with Crippen molar-refractivity contribution in [2.75, 3.05) is 0 Å². The van der Waals surface area contributed by atoms with Gasteiger partial charge in [-0.3, -0.25) is 0 Å². The summed E-state index contributed by atoms with van der Waals surface area (Å²) >= 11 is 1.89. The van der Waals surface area contributed by atoms with Gasteiger partial charge < -0.3 is 0 Å². The first-order valence-electron chi connectivity index (χ1n) is 13.3. The average molecular weight is 505 g/mol. The molecule has 0 saturated carbocycles. The van der Waals surface area contributed by atoms with Crippen molar-refractivity contribution in [1.82, 2.24) is 0 Å². The van der Waals surface area contributed by atoms with Crippen LogP contribution in [0.4, 0.5) is 0 Å². The van der Waals surface area contributed by atoms with Crippen LogP contribution in [0.3, 0.4) is 0 Å². The van der Waals surface area contributed by atoms with E-state index < -0.39 is 0 Å². The third-order valence-corrected chi connectivity index (χ3v) is 8.96. The lowest BCUT2D eigenvalue weighted by Crippen LogP contribution is -1.98. The number of rotatable bonds is 2. The lowest BCUT2D eigenvalue weighted by Gasteiger charge is -2.18. The maximum atomic E-state index is 2.39. The van der Waals surface area contributed by atoms with E-state index in [1.807, 2.05) is 11.3 Å². The molecule has 1 unspecified atom stereocenters. The molecule has 1 atom stereocenters. The molecule has 1 aromatic heterocycles. The summed E-state index contributed by atoms with van der Waals surface area (Å²) < 4.78 is 2.71. The lowest BCUT2D eigenvalue weighted by molar-refractivity contribution is 0.968. The molecule has 0 bridgehead atoms. The first-order chi connectivity index (χ1) is 18.8. The van der Waals surface area contributed by atoms with Crippen molar-refractivity contribution >= 4 is 31.5 Å². The maximum absolute atomic E-state index is 2.39. The Morgan fingerprint density at radius 1 is 0.605 bits per heavy atom. The molecule has 0 spiro atoms. The molecule has 1 aliphatic rings. The van der Waals surface area contributed by atoms with Crippen LogP contribution in [0.2, 0.25) is 0 Å². The van der Waals surface area contributed by atoms with E-state index in [0.717, 1.165) is 6.42 Å². The number of benzene rings is 5. The Hall–Kier alpha value is -4.20. The lowest BCUT2D eigenvalue weighted by atomic mass is 9.86. The third kappa shape index (κ3) is 4.00. The van der Waals surface area contributed by atoms with Crippen molar-refractivity contribution in [2.45, 2.75) is 19.3 Å². The fourth-order valence-electron chi connectivity index (χ4n) is 5.79. The number of allylic oxidation sites excluding steroid dienone is 4. The summed E-state index contributed by atoms with van der Waals surface area (Å²) in [7, 11) is 0. The number of hydrogen-bond donors (Lipinski definition) is 0. The van der Waals surface area contributed by atoms with Crippen LogP contribution in [0.1, 0.15) is 24.0 Å². The number of thiophene rings is 1. The zero-order chi connectivity index (χ0) is 25.5. The van der Waals surface area contributed by atoms with Crippen molar-refractivity contribution in [1.29, 1.82) is 0 Å². The Morgan fingerprint density at radius 2 is 1.37 bits per heavy atom. The minimum absolute atomic E-state index is 0.370. The Labute approximate surface area is 228 Å². The largest absolute Gasteiger partial charge is 0.135 e. The van der Waals surface area contributed by atoms with Gasteiger partial charge in [-0.25, -0.2) is 0 Å². The van der Waals surface area contributed by atoms with Crippen molar-refractivity contribution in [3.8, 4) is 33.4 Å². The van der Waals surface area contributed by atoms with Crippen LogP contribution in [-0.4, -0.2) is 0 Å². The first kappa shape index (κ1) is 23.0. The Morgan fingerprint density at radius 3 is 2.34 bits per heavy atom. The van der Waals surface area contributed by atoms with Gasteiger partial charge in [0.2, 0.25) is 0 Å². The SMILES string of the molecule is CC1C=CC=CCc2cc(-c3cccc(-c4cccc5c4sc4ccccc45)c3)ccc2-c2ccccc21. The van der Waals surface area contributed by atoms with Crippen LogP contribution in [0.15, 0.2) is 133 Å². The Kier molecular flexibility index (Phi) is 5.80. The molecular weight excluding hydrogens is 476 g/mol. The first-order valence-corrected chi connectivity index (χ1v) is 14.1. The highest BCUT2D eigenvalue weighted by molar-refractivity contribution is 7.26. The Balaban J connectivity index is 1.34. The van der Waals surface area contributed by atoms with E-state index in [0.29, 0.717) is 5.92 Å². The van der Waals surface area contributed by atoms with Gasteiger partial charge in [0, 0.05) is 20.2 Å². The summed E-state index contributed by atoms with van der Waals surface area (Å²) in [5.74, 6) is 0.370. The molecule has 0 fully saturated rings. The molecule has 1 heterocycles. The molecule has 1 aliphatic carbocycles. The second-order valence-electron chi connectivity index (χ2n) is 10.1. The zero-order valence-electron chi connectivity index (χ0n) is 21.4. The second-order valence-corrected chi connectivity index (χ2v) is 11.2. The van der Waals surface area contributed by atoms with E-state index in [1.165, 1.54) is 64.7 Å². The molecule has 7 rings (SSSR count). The predicted octanol–water partition coefficient (Wildman–Crippen LogP) is 10.8. The maximum Gasteiger partial charge on any atom is 0.0433 e. The van der Waals surface area contributed by atoms with Crippen molar-refractivity contribution in [3.63, 3.8) is 0 Å². The average Bonchev–Trinajstić information content (AvgIpc) is 3.36. The van der Waals surface area contributed by atoms with Crippen LogP contribution in [0, 0.1) is 0 Å². The summed E-state index contributed by atoms with van der Waals surface area (Å²) in [6.07, 6.45) is 9.86. The van der Waals surface area contributed by atoms with E-state index >= 15 is 0 Å². The standard InChI is InChI=1S/C37H28S/c1-25-11-3-2-4-12-28-24-27(21-22-31(28)33-16-6-5-15-30(25)33)26-13-9-14-29(23-26)32-18-10-19-35-34-17-7-8-20-36(34)38-37(32)35/h2-11,13-25H,12H2,1H3. The summed E-state index contributed by atoms with van der Waals surface area (Å²) in [4.78, 5) is 0. The molecule has 6 aromatic rings. The molecule has 182 valence electrons. The van der Waals surface area contributed by atoms with Gasteiger partial charge >= 0.3 is 0 Å². The fraction of sp³-hybridized carbons (Fsp3) is 0.0811. The van der Waals surface area contributed by atoms with Gasteiger partial charge in [0.05, 0.1) is 0 Å². The molecule has 38 heavy (non-hydrogen) atoms. The van der Waals surface area contributed by atoms with Gasteiger partial charge in [0.25, 0.3) is 0 Å². The van der Waals surface area contributed by atoms with Gasteiger partial charge in [-0.15, -0.1) is 11.3 Å². The fourth-order valence-corrected chi connectivity index (χ4v) is 7.03. The van der Waals surface area contributed by atoms with Gasteiger partial charge in [-0.1, -0.05) is 128 Å². The number of fused-ring (bicyclic) bond motifs is 6. The van der Waals surface area contributed by atoms with E-state index in [2.05, 4.69) is 140 Å². The summed E-state index contributed by atoms with van der Waals surface area (Å²) in [6.45, 7) is 2.28. The molecule has 0 nitrogen and oxygen atoms in total. The topological polar surface area (TPSA) is 0 Å². The van der Waals surface area contributed by atoms with Crippen LogP contribution < -0.4 is 0 Å². The molecule has 0 aliphatic heterocycles. The normalized spacial score (nSPS) is 14.9. The highest BCUT2D eigenvalue weighted by Crippen LogP contribution is 2.41. The predicted molar refractivity (Wildman–Crippen MR) is 166 cm³/mol. The van der Waals surface area contributed by atoms with Crippen LogP contribution >= 0.6 is 11.3 Å². The highest BCUT2D eigenvalue weighted by Gasteiger charge is 2.15. The molecule has 0 radical (unpaired) electrons. The quantitative estimate of drug-likeness (QED) is 0.220. The Bertz CT molecular complexity index is 1860. The van der Waals surface area contributed by atoms with Gasteiger partial charge in [0.15, 0.2) is 0 Å². The van der Waals surface area contributed by atoms with Crippen molar-refractivity contribution in [2.24, 2.45) is 0 Å². The molecule has 5 aromatic carbocycles. The van der Waals surface area contributed by atoms with Crippen LogP contribution in [0.25, 0.3) is 53.6 Å². The second kappa shape index (κ2) is 9.59. The van der Waals surface area contributed by atoms with Gasteiger partial charge in [0.1, 0.15) is 0 Å². The smallest absolute Gasteiger partial charge is 0.0433 e. The van der Waals surface area contributed by atoms with E-state index in [4.69, 9.17) is 0 Å². The molecule has 0 amide bonds. The summed E-state index contributed by atoms with van der Waals surface area (Å²) in [6, 6.07) is 40.4. The summed E-state index contributed by atoms with van der Waals surface area (Å²) in [5, 5.41) is 2.69. The van der Waals surface area contributed by atoms with E-state index in [-0.39, 0.29) is 0 Å². The van der Waals surface area contributed by atoms with Crippen molar-refractivity contribution in [3.05, 3.63) is 145 Å². The van der Waals surface area contributed by atoms with E-state index in [1.54, 1.807) is 0 Å². The van der Waals surface area contributed by atoms with Crippen LogP contribution in [0.5, 0.6) is 0 Å². The monoisotopic (exact) mass is 504 g/mol. The molecule has 1 heteroatoms. The van der Waals surface area contributed by atoms with Crippen LogP contribution in [-0.2, 0) is 6.42 Å². The molecule has 0 saturated heterocycles. The van der Waals surface area contributed by atoms with E-state index in [9.17, 15) is 0 Å². The zero-order valence-corrected chi connectivity index (χ0v) is 22.2. The van der Waals surface area contributed by atoms with Gasteiger partial charge in [-0.05, 0) is 69.0 Å². The minimum Gasteiger partial charge on any atom is -0.135 e. The molecule has 0 N–H and O–H groups in total. The van der Waals surface area contributed by atoms with Gasteiger partial charge in [-0.2, -0.15) is 0 Å². The number of hydrogen-bond acceptors (Lipinski definition) is 1. The third-order valence-electron chi connectivity index (χ3n) is 7.74. The minimum atomic E-state index is 0.370.